The third kappa shape index (κ3) is 6.13. The fourth-order valence-corrected chi connectivity index (χ4v) is 4.87. The van der Waals surface area contributed by atoms with Gasteiger partial charge in [0.1, 0.15) is 0 Å². The van der Waals surface area contributed by atoms with Crippen LogP contribution in [0.25, 0.3) is 0 Å². The zero-order valence-corrected chi connectivity index (χ0v) is 18.7. The first-order valence-electron chi connectivity index (χ1n) is 9.82. The molecule has 0 unspecified atom stereocenters. The molecule has 2 aromatic rings. The highest BCUT2D eigenvalue weighted by atomic mass is 32.2. The Morgan fingerprint density at radius 2 is 1.62 bits per heavy atom. The highest BCUT2D eigenvalue weighted by Gasteiger charge is 2.24. The number of hydrogen-bond donors (Lipinski definition) is 1. The molecule has 29 heavy (non-hydrogen) atoms. The van der Waals surface area contributed by atoms with Gasteiger partial charge in [0.15, 0.2) is 0 Å². The van der Waals surface area contributed by atoms with Crippen molar-refractivity contribution in [1.82, 2.24) is 9.21 Å². The van der Waals surface area contributed by atoms with E-state index in [0.29, 0.717) is 30.9 Å². The van der Waals surface area contributed by atoms with Crippen LogP contribution in [0.1, 0.15) is 30.5 Å². The van der Waals surface area contributed by atoms with Crippen LogP contribution in [0, 0.1) is 13.8 Å². The summed E-state index contributed by atoms with van der Waals surface area (Å²) in [7, 11) is -1.71. The Balaban J connectivity index is 2.07. The van der Waals surface area contributed by atoms with Crippen molar-refractivity contribution in [1.29, 1.82) is 0 Å². The predicted octanol–water partition coefficient (Wildman–Crippen LogP) is 3.40. The quantitative estimate of drug-likeness (QED) is 0.679. The summed E-state index contributed by atoms with van der Waals surface area (Å²) in [6.45, 7) is 9.09. The standard InChI is InChI=1S/C22H31N3O3S/c1-6-25(7-2)29(27,28)21-14-20(13-10-18(21)4)23-22(26)16-24(5)15-19-11-8-17(3)9-12-19/h8-14H,6-7,15-16H2,1-5H3,(H,23,26). The topological polar surface area (TPSA) is 69.7 Å². The first kappa shape index (κ1) is 23.1. The van der Waals surface area contributed by atoms with Gasteiger partial charge in [0, 0.05) is 25.3 Å². The van der Waals surface area contributed by atoms with E-state index in [-0.39, 0.29) is 17.3 Å². The van der Waals surface area contributed by atoms with Gasteiger partial charge in [-0.25, -0.2) is 8.42 Å². The molecule has 0 atom stereocenters. The minimum Gasteiger partial charge on any atom is -0.325 e. The minimum absolute atomic E-state index is 0.186. The van der Waals surface area contributed by atoms with Gasteiger partial charge in [0.2, 0.25) is 15.9 Å². The molecule has 2 rings (SSSR count). The summed E-state index contributed by atoms with van der Waals surface area (Å²) in [5.41, 5.74) is 3.47. The molecule has 2 aromatic carbocycles. The molecule has 1 amide bonds. The lowest BCUT2D eigenvalue weighted by Crippen LogP contribution is -2.31. The summed E-state index contributed by atoms with van der Waals surface area (Å²) < 4.78 is 27.1. The molecule has 0 aliphatic heterocycles. The number of hydrogen-bond acceptors (Lipinski definition) is 4. The summed E-state index contributed by atoms with van der Waals surface area (Å²) in [6, 6.07) is 13.2. The average molecular weight is 418 g/mol. The normalized spacial score (nSPS) is 11.8. The van der Waals surface area contributed by atoms with Gasteiger partial charge < -0.3 is 5.32 Å². The molecule has 0 radical (unpaired) electrons. The molecular formula is C22H31N3O3S. The second-order valence-corrected chi connectivity index (χ2v) is 9.18. The Morgan fingerprint density at radius 1 is 1.00 bits per heavy atom. The average Bonchev–Trinajstić information content (AvgIpc) is 2.65. The molecule has 0 aromatic heterocycles. The van der Waals surface area contributed by atoms with E-state index >= 15 is 0 Å². The molecule has 7 heteroatoms. The molecule has 0 heterocycles. The van der Waals surface area contributed by atoms with E-state index in [1.54, 1.807) is 25.1 Å². The van der Waals surface area contributed by atoms with Crippen molar-refractivity contribution < 1.29 is 13.2 Å². The first-order valence-corrected chi connectivity index (χ1v) is 11.3. The van der Waals surface area contributed by atoms with Gasteiger partial charge in [-0.15, -0.1) is 0 Å². The largest absolute Gasteiger partial charge is 0.325 e. The molecule has 0 spiro atoms. The third-order valence-electron chi connectivity index (χ3n) is 4.78. The number of nitrogens with one attached hydrogen (secondary N) is 1. The highest BCUT2D eigenvalue weighted by molar-refractivity contribution is 7.89. The molecule has 0 saturated carbocycles. The van der Waals surface area contributed by atoms with Gasteiger partial charge in [-0.2, -0.15) is 4.31 Å². The Morgan fingerprint density at radius 3 is 2.21 bits per heavy atom. The number of likely N-dealkylation sites (N-methyl/N-ethyl adjacent to an activating group) is 1. The van der Waals surface area contributed by atoms with Gasteiger partial charge >= 0.3 is 0 Å². The highest BCUT2D eigenvalue weighted by Crippen LogP contribution is 2.23. The van der Waals surface area contributed by atoms with Gasteiger partial charge in [-0.05, 0) is 44.2 Å². The number of nitrogens with zero attached hydrogens (tertiary/aromatic N) is 2. The lowest BCUT2D eigenvalue weighted by atomic mass is 10.1. The third-order valence-corrected chi connectivity index (χ3v) is 6.97. The molecular weight excluding hydrogens is 386 g/mol. The van der Waals surface area contributed by atoms with Crippen molar-refractivity contribution >= 4 is 21.6 Å². The summed E-state index contributed by atoms with van der Waals surface area (Å²) >= 11 is 0. The molecule has 0 fully saturated rings. The number of anilines is 1. The number of rotatable bonds is 9. The van der Waals surface area contributed by atoms with Crippen molar-refractivity contribution in [2.24, 2.45) is 0 Å². The summed E-state index contributed by atoms with van der Waals surface area (Å²) in [5.74, 6) is -0.186. The van der Waals surface area contributed by atoms with Crippen LogP contribution in [-0.2, 0) is 21.4 Å². The van der Waals surface area contributed by atoms with Crippen molar-refractivity contribution in [3.63, 3.8) is 0 Å². The van der Waals surface area contributed by atoms with E-state index in [2.05, 4.69) is 5.32 Å². The Hall–Kier alpha value is -2.22. The Labute approximate surface area is 174 Å². The fraction of sp³-hybridized carbons (Fsp3) is 0.409. The van der Waals surface area contributed by atoms with Crippen LogP contribution in [0.2, 0.25) is 0 Å². The molecule has 158 valence electrons. The number of amides is 1. The second kappa shape index (κ2) is 10.0. The van der Waals surface area contributed by atoms with E-state index in [0.717, 1.165) is 5.56 Å². The number of carbonyl (C=O) groups excluding carboxylic acids is 1. The maximum absolute atomic E-state index is 12.9. The molecule has 6 nitrogen and oxygen atoms in total. The molecule has 0 bridgehead atoms. The number of sulfonamides is 1. The predicted molar refractivity (Wildman–Crippen MR) is 117 cm³/mol. The molecule has 1 N–H and O–H groups in total. The van der Waals surface area contributed by atoms with Gasteiger partial charge in [-0.1, -0.05) is 49.7 Å². The minimum atomic E-state index is -3.59. The van der Waals surface area contributed by atoms with Gasteiger partial charge in [-0.3, -0.25) is 9.69 Å². The van der Waals surface area contributed by atoms with Crippen molar-refractivity contribution in [3.8, 4) is 0 Å². The van der Waals surface area contributed by atoms with Crippen LogP contribution in [0.4, 0.5) is 5.69 Å². The summed E-state index contributed by atoms with van der Waals surface area (Å²) in [6.07, 6.45) is 0. The van der Waals surface area contributed by atoms with E-state index in [1.165, 1.54) is 9.87 Å². The smallest absolute Gasteiger partial charge is 0.243 e. The maximum Gasteiger partial charge on any atom is 0.243 e. The monoisotopic (exact) mass is 417 g/mol. The number of carbonyl (C=O) groups is 1. The van der Waals surface area contributed by atoms with Crippen molar-refractivity contribution in [3.05, 3.63) is 59.2 Å². The molecule has 0 aliphatic carbocycles. The van der Waals surface area contributed by atoms with E-state index in [4.69, 9.17) is 0 Å². The van der Waals surface area contributed by atoms with E-state index in [9.17, 15) is 13.2 Å². The molecule has 0 aliphatic rings. The Bertz CT molecular complexity index is 936. The van der Waals surface area contributed by atoms with Crippen molar-refractivity contribution in [2.75, 3.05) is 32.0 Å². The fourth-order valence-electron chi connectivity index (χ4n) is 3.17. The zero-order valence-electron chi connectivity index (χ0n) is 17.9. The van der Waals surface area contributed by atoms with Crippen LogP contribution >= 0.6 is 0 Å². The van der Waals surface area contributed by atoms with Gasteiger partial charge in [0.05, 0.1) is 11.4 Å². The van der Waals surface area contributed by atoms with Crippen LogP contribution in [0.15, 0.2) is 47.4 Å². The number of benzene rings is 2. The van der Waals surface area contributed by atoms with Crippen molar-refractivity contribution in [2.45, 2.75) is 39.1 Å². The molecule has 0 saturated heterocycles. The second-order valence-electron chi connectivity index (χ2n) is 7.28. The van der Waals surface area contributed by atoms with Crippen LogP contribution < -0.4 is 5.32 Å². The van der Waals surface area contributed by atoms with Crippen LogP contribution in [0.5, 0.6) is 0 Å². The Kier molecular flexibility index (Phi) is 7.96. The zero-order chi connectivity index (χ0) is 21.6. The number of aryl methyl sites for hydroxylation is 2. The van der Waals surface area contributed by atoms with E-state index < -0.39 is 10.0 Å². The summed E-state index contributed by atoms with van der Waals surface area (Å²) in [4.78, 5) is 14.6. The lowest BCUT2D eigenvalue weighted by Gasteiger charge is -2.21. The maximum atomic E-state index is 12.9. The van der Waals surface area contributed by atoms with E-state index in [1.807, 2.05) is 57.0 Å². The first-order chi connectivity index (χ1) is 13.7. The lowest BCUT2D eigenvalue weighted by molar-refractivity contribution is -0.117. The summed E-state index contributed by atoms with van der Waals surface area (Å²) in [5, 5.41) is 2.82. The van der Waals surface area contributed by atoms with Crippen LogP contribution in [-0.4, -0.2) is 50.2 Å². The SMILES string of the molecule is CCN(CC)S(=O)(=O)c1cc(NC(=O)CN(C)Cc2ccc(C)cc2)ccc1C. The van der Waals surface area contributed by atoms with Gasteiger partial charge in [0.25, 0.3) is 0 Å². The van der Waals surface area contributed by atoms with Crippen LogP contribution in [0.3, 0.4) is 0 Å².